The number of amides is 4. The molecule has 4 amide bonds. The Labute approximate surface area is 528 Å². The van der Waals surface area contributed by atoms with Crippen LogP contribution in [0.1, 0.15) is 117 Å². The number of hydrogen-bond donors (Lipinski definition) is 0. The van der Waals surface area contributed by atoms with Crippen molar-refractivity contribution in [3.8, 4) is 11.5 Å². The lowest BCUT2D eigenvalue weighted by molar-refractivity contribution is -0.176. The van der Waals surface area contributed by atoms with Gasteiger partial charge in [0.1, 0.15) is 36.4 Å². The highest BCUT2D eigenvalue weighted by atomic mass is 16.6. The Hall–Kier alpha value is -7.86. The number of nitrogens with zero attached hydrogens (tertiary/aromatic N) is 8. The molecule has 3 saturated heterocycles. The van der Waals surface area contributed by atoms with Crippen molar-refractivity contribution in [1.82, 2.24) is 39.2 Å². The number of esters is 4. The molecule has 3 fully saturated rings. The molecule has 90 heavy (non-hydrogen) atoms. The molecule has 5 heterocycles. The molecule has 0 radical (unpaired) electrons. The summed E-state index contributed by atoms with van der Waals surface area (Å²) in [5.74, 6) is -6.40. The van der Waals surface area contributed by atoms with Crippen molar-refractivity contribution in [2.45, 2.75) is 182 Å². The predicted octanol–water partition coefficient (Wildman–Crippen LogP) is 5.71. The number of carbonyl (C=O) groups excluding carboxylic acids is 8. The predicted molar refractivity (Wildman–Crippen MR) is 328 cm³/mol. The molecule has 0 spiro atoms. The Kier molecular flexibility index (Phi) is 24.5. The van der Waals surface area contributed by atoms with E-state index in [0.717, 1.165) is 30.7 Å². The summed E-state index contributed by atoms with van der Waals surface area (Å²) in [6, 6.07) is 9.34. The highest BCUT2D eigenvalue weighted by Crippen LogP contribution is 2.26. The highest BCUT2D eigenvalue weighted by molar-refractivity contribution is 5.94. The molecule has 3 aliphatic heterocycles. The topological polar surface area (TPSA) is 259 Å². The van der Waals surface area contributed by atoms with Gasteiger partial charge >= 0.3 is 23.9 Å². The third kappa shape index (κ3) is 19.1. The van der Waals surface area contributed by atoms with Crippen LogP contribution < -0.4 is 9.47 Å². The number of cyclic esters (lactones) is 4. The van der Waals surface area contributed by atoms with Gasteiger partial charge in [-0.15, -0.1) is 0 Å². The van der Waals surface area contributed by atoms with Crippen molar-refractivity contribution < 1.29 is 76.3 Å². The van der Waals surface area contributed by atoms with Gasteiger partial charge in [0.25, 0.3) is 23.6 Å². The fourth-order valence-corrected chi connectivity index (χ4v) is 10.8. The van der Waals surface area contributed by atoms with E-state index < -0.39 is 96.1 Å². The van der Waals surface area contributed by atoms with E-state index >= 15 is 9.59 Å². The molecule has 2 aromatic heterocycles. The van der Waals surface area contributed by atoms with Crippen LogP contribution in [0.4, 0.5) is 0 Å². The number of hydrogen-bond acceptors (Lipinski definition) is 18. The molecule has 3 aliphatic rings. The van der Waals surface area contributed by atoms with Gasteiger partial charge in [-0.3, -0.25) is 28.5 Å². The van der Waals surface area contributed by atoms with Gasteiger partial charge in [-0.2, -0.15) is 10.2 Å². The van der Waals surface area contributed by atoms with Gasteiger partial charge in [0.05, 0.1) is 64.3 Å². The summed E-state index contributed by atoms with van der Waals surface area (Å²) in [5.41, 5.74) is 2.91. The molecular weight excluding hydrogens is 1160 g/mol. The van der Waals surface area contributed by atoms with Gasteiger partial charge < -0.3 is 57.5 Å². The minimum Gasteiger partial charge on any atom is -0.482 e. The molecule has 0 unspecified atom stereocenters. The first-order valence-corrected chi connectivity index (χ1v) is 31.2. The number of rotatable bonds is 20. The van der Waals surface area contributed by atoms with E-state index in [4.69, 9.17) is 37.9 Å². The van der Waals surface area contributed by atoms with Crippen LogP contribution in [0.3, 0.4) is 0 Å². The maximum absolute atomic E-state index is 15.1. The van der Waals surface area contributed by atoms with Crippen LogP contribution in [-0.2, 0) is 92.7 Å². The second-order valence-electron chi connectivity index (χ2n) is 25.7. The molecule has 0 saturated carbocycles. The van der Waals surface area contributed by atoms with Gasteiger partial charge in [-0.05, 0) is 85.5 Å². The van der Waals surface area contributed by atoms with E-state index in [0.29, 0.717) is 62.1 Å². The van der Waals surface area contributed by atoms with Crippen molar-refractivity contribution in [2.24, 2.45) is 23.7 Å². The fourth-order valence-electron chi connectivity index (χ4n) is 10.8. The Morgan fingerprint density at radius 1 is 0.422 bits per heavy atom. The zero-order valence-corrected chi connectivity index (χ0v) is 54.6. The molecule has 8 atom stereocenters. The summed E-state index contributed by atoms with van der Waals surface area (Å²) in [6.07, 6.45) is 0.591. The van der Waals surface area contributed by atoms with Crippen molar-refractivity contribution in [1.29, 1.82) is 0 Å². The van der Waals surface area contributed by atoms with Crippen molar-refractivity contribution in [3.05, 3.63) is 95.6 Å². The Morgan fingerprint density at radius 2 is 0.700 bits per heavy atom. The largest absolute Gasteiger partial charge is 0.482 e. The normalized spacial score (nSPS) is 23.8. The maximum Gasteiger partial charge on any atom is 0.329 e. The van der Waals surface area contributed by atoms with E-state index in [-0.39, 0.29) is 74.4 Å². The first-order chi connectivity index (χ1) is 42.6. The molecule has 7 rings (SSSR count). The summed E-state index contributed by atoms with van der Waals surface area (Å²) in [7, 11) is 5.55. The number of benzene rings is 2. The molecule has 24 nitrogen and oxygen atoms in total. The first kappa shape index (κ1) is 69.6. The monoisotopic (exact) mass is 1250 g/mol. The van der Waals surface area contributed by atoms with Crippen LogP contribution in [0.2, 0.25) is 0 Å². The SMILES string of the molecule is CC(C)C[C@H]1C(=O)O[C@H](Cc2ccc(Cn3cc(OC4COC4)cn3)cc2)C(=O)N(C)[C@@H](CC(C)C)C(=O)O[C@H](C)C(=O)N(C)[C@@H](CC(C)C)C(=O)O[C@H](Cc2ccc(Cn3cc(OC4COC4)cn3)cc2)C(=O)N(C)[C@@H](CC(C)C)C(=O)O[C@H](C)C(=O)N1C. The molecule has 0 bridgehead atoms. The second kappa shape index (κ2) is 31.7. The second-order valence-corrected chi connectivity index (χ2v) is 25.7. The number of ether oxygens (including phenoxy) is 8. The Morgan fingerprint density at radius 3 is 0.978 bits per heavy atom. The Bertz CT molecular complexity index is 2860. The van der Waals surface area contributed by atoms with Crippen LogP contribution in [0.5, 0.6) is 11.5 Å². The first-order valence-electron chi connectivity index (χ1n) is 31.2. The van der Waals surface area contributed by atoms with Crippen LogP contribution >= 0.6 is 0 Å². The smallest absolute Gasteiger partial charge is 0.329 e. The van der Waals surface area contributed by atoms with Crippen molar-refractivity contribution >= 4 is 47.5 Å². The zero-order chi connectivity index (χ0) is 65.7. The minimum absolute atomic E-state index is 0.0260. The molecule has 0 N–H and O–H groups in total. The quantitative estimate of drug-likeness (QED) is 0.0758. The number of aromatic nitrogens is 4. The lowest BCUT2D eigenvalue weighted by atomic mass is 9.99. The van der Waals surface area contributed by atoms with Crippen molar-refractivity contribution in [3.63, 3.8) is 0 Å². The standard InChI is InChI=1S/C66H92N8O16/c1-39(2)23-53-63(79)85-43(9)59(75)69(11)56(26-42(7)8)66(82)90-58(28-46-17-21-48(22-18-46)32-74-34-50(30-68-74)88-52-37-84-38-52)62(78)72(14)54(24-40(3)4)64(80)86-44(10)60(76)70(12)55(25-41(5)6)65(81)89-57(61(77)71(53)13)27-45-15-19-47(20-16-45)31-73-33-49(29-67-73)87-51-35-83-36-51/h15-22,29-30,33-34,39-44,51-58H,23-28,31-32,35-38H2,1-14H3/t43-,44-,53+,54+,55+,56+,57-,58-/m1/s1. The van der Waals surface area contributed by atoms with Gasteiger partial charge in [0.15, 0.2) is 35.9 Å². The number of carbonyl (C=O) groups is 8. The highest BCUT2D eigenvalue weighted by Gasteiger charge is 2.43. The van der Waals surface area contributed by atoms with Crippen LogP contribution in [0.15, 0.2) is 73.3 Å². The minimum atomic E-state index is -1.56. The van der Waals surface area contributed by atoms with Gasteiger partial charge in [0.2, 0.25) is 0 Å². The number of likely N-dealkylation sites (N-methyl/N-ethyl adjacent to an activating group) is 4. The van der Waals surface area contributed by atoms with E-state index in [1.165, 1.54) is 42.0 Å². The maximum atomic E-state index is 15.1. The van der Waals surface area contributed by atoms with Crippen LogP contribution in [0.25, 0.3) is 0 Å². The molecule has 0 aliphatic carbocycles. The summed E-state index contributed by atoms with van der Waals surface area (Å²) >= 11 is 0. The molecule has 4 aromatic rings. The van der Waals surface area contributed by atoms with Gasteiger partial charge in [-0.25, -0.2) is 19.2 Å². The fraction of sp³-hybridized carbons (Fsp3) is 0.606. The zero-order valence-electron chi connectivity index (χ0n) is 54.6. The van der Waals surface area contributed by atoms with Crippen LogP contribution in [0, 0.1) is 23.7 Å². The molecular formula is C66H92N8O16. The summed E-state index contributed by atoms with van der Waals surface area (Å²) in [5, 5.41) is 8.85. The summed E-state index contributed by atoms with van der Waals surface area (Å²) in [6.45, 7) is 20.3. The summed E-state index contributed by atoms with van der Waals surface area (Å²) in [4.78, 5) is 123. The van der Waals surface area contributed by atoms with E-state index in [2.05, 4.69) is 10.2 Å². The van der Waals surface area contributed by atoms with Crippen LogP contribution in [-0.4, -0.2) is 202 Å². The average molecular weight is 1250 g/mol. The Balaban J connectivity index is 1.21. The lowest BCUT2D eigenvalue weighted by Gasteiger charge is -2.35. The van der Waals surface area contributed by atoms with Gasteiger partial charge in [0, 0.05) is 41.0 Å². The van der Waals surface area contributed by atoms with Crippen molar-refractivity contribution in [2.75, 3.05) is 54.6 Å². The summed E-state index contributed by atoms with van der Waals surface area (Å²) < 4.78 is 50.0. The molecule has 492 valence electrons. The third-order valence-electron chi connectivity index (χ3n) is 16.1. The average Bonchev–Trinajstić information content (AvgIpc) is 1.23. The van der Waals surface area contributed by atoms with E-state index in [9.17, 15) is 28.8 Å². The molecule has 24 heteroatoms. The third-order valence-corrected chi connectivity index (χ3v) is 16.1. The van der Waals surface area contributed by atoms with Gasteiger partial charge in [-0.1, -0.05) is 104 Å². The molecule has 2 aromatic carbocycles. The lowest BCUT2D eigenvalue weighted by Crippen LogP contribution is -2.55. The van der Waals surface area contributed by atoms with E-state index in [1.807, 2.05) is 79.7 Å². The van der Waals surface area contributed by atoms with E-state index in [1.54, 1.807) is 58.4 Å².